The van der Waals surface area contributed by atoms with Gasteiger partial charge in [-0.1, -0.05) is 18.5 Å². The Morgan fingerprint density at radius 3 is 2.81 bits per heavy atom. The van der Waals surface area contributed by atoms with E-state index in [1.807, 2.05) is 32.3 Å². The van der Waals surface area contributed by atoms with Gasteiger partial charge < -0.3 is 5.32 Å². The van der Waals surface area contributed by atoms with Crippen LogP contribution in [0.15, 0.2) is 22.8 Å². The van der Waals surface area contributed by atoms with Crippen molar-refractivity contribution >= 4 is 27.5 Å². The second kappa shape index (κ2) is 7.38. The van der Waals surface area contributed by atoms with Gasteiger partial charge in [-0.3, -0.25) is 9.67 Å². The number of nitrogens with one attached hydrogen (secondary N) is 1. The molecule has 0 saturated heterocycles. The second-order valence-electron chi connectivity index (χ2n) is 5.06. The predicted octanol–water partition coefficient (Wildman–Crippen LogP) is 3.82. The first-order valence-corrected chi connectivity index (χ1v) is 8.23. The Hall–Kier alpha value is -0.910. The molecule has 0 amide bonds. The molecule has 1 unspecified atom stereocenters. The average molecular weight is 372 g/mol. The first-order chi connectivity index (χ1) is 10.0. The zero-order valence-corrected chi connectivity index (χ0v) is 14.9. The maximum Gasteiger partial charge on any atom is 0.130 e. The van der Waals surface area contributed by atoms with Crippen LogP contribution in [0.3, 0.4) is 0 Å². The number of nitrogens with zero attached hydrogens (tertiary/aromatic N) is 3. The maximum absolute atomic E-state index is 6.36. The van der Waals surface area contributed by atoms with Crippen LogP contribution in [-0.2, 0) is 13.5 Å². The molecule has 0 radical (unpaired) electrons. The molecule has 6 heteroatoms. The number of hydrogen-bond acceptors (Lipinski definition) is 3. The average Bonchev–Trinajstić information content (AvgIpc) is 2.70. The van der Waals surface area contributed by atoms with Crippen molar-refractivity contribution in [1.82, 2.24) is 20.1 Å². The van der Waals surface area contributed by atoms with Crippen molar-refractivity contribution in [3.05, 3.63) is 44.9 Å². The minimum atomic E-state index is 0.112. The normalized spacial score (nSPS) is 12.6. The zero-order chi connectivity index (χ0) is 15.4. The molecule has 114 valence electrons. The van der Waals surface area contributed by atoms with Crippen LogP contribution in [0.1, 0.15) is 36.3 Å². The van der Waals surface area contributed by atoms with Gasteiger partial charge in [-0.25, -0.2) is 0 Å². The van der Waals surface area contributed by atoms with Crippen molar-refractivity contribution in [2.24, 2.45) is 7.05 Å². The number of halogens is 2. The first kappa shape index (κ1) is 16.5. The highest BCUT2D eigenvalue weighted by atomic mass is 79.9. The summed E-state index contributed by atoms with van der Waals surface area (Å²) in [6.07, 6.45) is 3.66. The maximum atomic E-state index is 6.36. The number of aromatic nitrogens is 3. The van der Waals surface area contributed by atoms with Crippen LogP contribution in [-0.4, -0.2) is 21.3 Å². The third kappa shape index (κ3) is 3.84. The second-order valence-corrected chi connectivity index (χ2v) is 6.27. The van der Waals surface area contributed by atoms with Crippen LogP contribution in [0, 0.1) is 6.92 Å². The van der Waals surface area contributed by atoms with E-state index in [1.165, 1.54) is 0 Å². The van der Waals surface area contributed by atoms with Gasteiger partial charge >= 0.3 is 0 Å². The highest BCUT2D eigenvalue weighted by Gasteiger charge is 2.20. The van der Waals surface area contributed by atoms with E-state index in [9.17, 15) is 0 Å². The smallest absolute Gasteiger partial charge is 0.130 e. The molecule has 0 fully saturated rings. The fraction of sp³-hybridized carbons (Fsp3) is 0.467. The molecule has 0 aliphatic carbocycles. The topological polar surface area (TPSA) is 42.7 Å². The van der Waals surface area contributed by atoms with Crippen molar-refractivity contribution in [2.75, 3.05) is 6.54 Å². The molecule has 0 aliphatic rings. The number of rotatable bonds is 6. The number of pyridine rings is 1. The molecule has 0 spiro atoms. The standard InChI is InChI=1S/C15H20BrClN4/c1-4-7-18-13(14-12(16)6-5-8-19-14)9-11-10(2)20-21(3)15(11)17/h5-6,8,13,18H,4,7,9H2,1-3H3. The lowest BCUT2D eigenvalue weighted by Gasteiger charge is -2.19. The van der Waals surface area contributed by atoms with E-state index < -0.39 is 0 Å². The van der Waals surface area contributed by atoms with Gasteiger partial charge in [0.15, 0.2) is 0 Å². The summed E-state index contributed by atoms with van der Waals surface area (Å²) < 4.78 is 2.73. The van der Waals surface area contributed by atoms with Gasteiger partial charge in [-0.15, -0.1) is 0 Å². The van der Waals surface area contributed by atoms with E-state index in [2.05, 4.69) is 38.3 Å². The summed E-state index contributed by atoms with van der Waals surface area (Å²) in [5, 5.41) is 8.63. The highest BCUT2D eigenvalue weighted by molar-refractivity contribution is 9.10. The largest absolute Gasteiger partial charge is 0.308 e. The minimum absolute atomic E-state index is 0.112. The molecular weight excluding hydrogens is 352 g/mol. The third-order valence-electron chi connectivity index (χ3n) is 3.44. The van der Waals surface area contributed by atoms with Crippen LogP contribution < -0.4 is 5.32 Å². The van der Waals surface area contributed by atoms with Crippen molar-refractivity contribution in [3.8, 4) is 0 Å². The van der Waals surface area contributed by atoms with Crippen molar-refractivity contribution in [2.45, 2.75) is 32.7 Å². The van der Waals surface area contributed by atoms with E-state index in [-0.39, 0.29) is 6.04 Å². The molecule has 2 aromatic rings. The molecule has 0 aromatic carbocycles. The lowest BCUT2D eigenvalue weighted by atomic mass is 10.0. The molecule has 0 aliphatic heterocycles. The third-order valence-corrected chi connectivity index (χ3v) is 4.58. The molecule has 2 aromatic heterocycles. The van der Waals surface area contributed by atoms with Gasteiger partial charge in [0.2, 0.25) is 0 Å². The van der Waals surface area contributed by atoms with Crippen molar-refractivity contribution in [1.29, 1.82) is 0 Å². The van der Waals surface area contributed by atoms with Crippen LogP contribution in [0.2, 0.25) is 5.15 Å². The van der Waals surface area contributed by atoms with Crippen molar-refractivity contribution < 1.29 is 0 Å². The van der Waals surface area contributed by atoms with E-state index in [1.54, 1.807) is 4.68 Å². The molecule has 2 rings (SSSR count). The Morgan fingerprint density at radius 1 is 1.48 bits per heavy atom. The lowest BCUT2D eigenvalue weighted by molar-refractivity contribution is 0.515. The first-order valence-electron chi connectivity index (χ1n) is 7.06. The fourth-order valence-electron chi connectivity index (χ4n) is 2.35. The van der Waals surface area contributed by atoms with E-state index in [0.717, 1.165) is 40.8 Å². The van der Waals surface area contributed by atoms with Gasteiger partial charge in [-0.2, -0.15) is 5.10 Å². The molecule has 4 nitrogen and oxygen atoms in total. The lowest BCUT2D eigenvalue weighted by Crippen LogP contribution is -2.25. The van der Waals surface area contributed by atoms with Gasteiger partial charge in [0, 0.05) is 23.3 Å². The Balaban J connectivity index is 2.31. The van der Waals surface area contributed by atoms with E-state index >= 15 is 0 Å². The van der Waals surface area contributed by atoms with Gasteiger partial charge in [0.1, 0.15) is 5.15 Å². The summed E-state index contributed by atoms with van der Waals surface area (Å²) in [5.41, 5.74) is 3.05. The molecule has 0 bridgehead atoms. The Labute approximate surface area is 139 Å². The summed E-state index contributed by atoms with van der Waals surface area (Å²) >= 11 is 9.95. The van der Waals surface area contributed by atoms with Crippen LogP contribution >= 0.6 is 27.5 Å². The summed E-state index contributed by atoms with van der Waals surface area (Å²) in [6, 6.07) is 4.05. The summed E-state index contributed by atoms with van der Waals surface area (Å²) in [6.45, 7) is 5.08. The molecular formula is C15H20BrClN4. The Bertz CT molecular complexity index is 612. The SMILES string of the molecule is CCCNC(Cc1c(C)nn(C)c1Cl)c1ncccc1Br. The summed E-state index contributed by atoms with van der Waals surface area (Å²) in [7, 11) is 1.87. The Kier molecular flexibility index (Phi) is 5.79. The molecule has 2 heterocycles. The van der Waals surface area contributed by atoms with Gasteiger partial charge in [0.25, 0.3) is 0 Å². The number of aryl methyl sites for hydroxylation is 2. The van der Waals surface area contributed by atoms with Crippen LogP contribution in [0.25, 0.3) is 0 Å². The zero-order valence-electron chi connectivity index (χ0n) is 12.5. The summed E-state index contributed by atoms with van der Waals surface area (Å²) in [5.74, 6) is 0. The van der Waals surface area contributed by atoms with Crippen molar-refractivity contribution in [3.63, 3.8) is 0 Å². The van der Waals surface area contributed by atoms with Crippen LogP contribution in [0.5, 0.6) is 0 Å². The van der Waals surface area contributed by atoms with E-state index in [0.29, 0.717) is 5.15 Å². The highest BCUT2D eigenvalue weighted by Crippen LogP contribution is 2.28. The predicted molar refractivity (Wildman–Crippen MR) is 89.6 cm³/mol. The molecule has 1 atom stereocenters. The molecule has 1 N–H and O–H groups in total. The molecule has 21 heavy (non-hydrogen) atoms. The van der Waals surface area contributed by atoms with Gasteiger partial charge in [0.05, 0.1) is 17.4 Å². The number of hydrogen-bond donors (Lipinski definition) is 1. The Morgan fingerprint density at radius 2 is 2.24 bits per heavy atom. The fourth-order valence-corrected chi connectivity index (χ4v) is 3.13. The molecule has 0 saturated carbocycles. The summed E-state index contributed by atoms with van der Waals surface area (Å²) in [4.78, 5) is 4.51. The minimum Gasteiger partial charge on any atom is -0.308 e. The quantitative estimate of drug-likeness (QED) is 0.839. The van der Waals surface area contributed by atoms with Crippen LogP contribution in [0.4, 0.5) is 0 Å². The van der Waals surface area contributed by atoms with Gasteiger partial charge in [-0.05, 0) is 54.4 Å². The monoisotopic (exact) mass is 370 g/mol. The van der Waals surface area contributed by atoms with E-state index in [4.69, 9.17) is 11.6 Å².